The number of carbonyl (C=O) groups excluding carboxylic acids is 1. The van der Waals surface area contributed by atoms with E-state index in [-0.39, 0.29) is 17.4 Å². The summed E-state index contributed by atoms with van der Waals surface area (Å²) in [7, 11) is 0. The Morgan fingerprint density at radius 3 is 2.68 bits per heavy atom. The van der Waals surface area contributed by atoms with E-state index >= 15 is 0 Å². The second kappa shape index (κ2) is 8.55. The van der Waals surface area contributed by atoms with Gasteiger partial charge in [0.05, 0.1) is 6.04 Å². The highest BCUT2D eigenvalue weighted by molar-refractivity contribution is 5.76. The number of aromatic nitrogens is 3. The average molecular weight is 342 g/mol. The van der Waals surface area contributed by atoms with Gasteiger partial charge in [0.15, 0.2) is 5.82 Å². The molecule has 6 nitrogen and oxygen atoms in total. The monoisotopic (exact) mass is 342 g/mol. The Balaban J connectivity index is 1.83. The first-order valence-electron chi connectivity index (χ1n) is 8.53. The van der Waals surface area contributed by atoms with Crippen molar-refractivity contribution in [2.24, 2.45) is 0 Å². The molecule has 0 aliphatic rings. The zero-order valence-corrected chi connectivity index (χ0v) is 15.2. The molecule has 2 aromatic heterocycles. The second-order valence-electron chi connectivity index (χ2n) is 7.04. The van der Waals surface area contributed by atoms with Gasteiger partial charge in [0.1, 0.15) is 0 Å². The lowest BCUT2D eigenvalue weighted by molar-refractivity contribution is -0.121. The highest BCUT2D eigenvalue weighted by Crippen LogP contribution is 2.19. The third-order valence-corrected chi connectivity index (χ3v) is 3.78. The van der Waals surface area contributed by atoms with E-state index in [1.165, 1.54) is 0 Å². The Morgan fingerprint density at radius 1 is 1.36 bits per heavy atom. The number of pyridine rings is 1. The molecule has 2 aromatic rings. The molecule has 1 N–H and O–H groups in total. The molecule has 0 saturated carbocycles. The summed E-state index contributed by atoms with van der Waals surface area (Å²) in [5.41, 5.74) is 0.886. The lowest BCUT2D eigenvalue weighted by Gasteiger charge is -2.17. The van der Waals surface area contributed by atoms with Crippen molar-refractivity contribution in [1.82, 2.24) is 20.4 Å². The maximum atomic E-state index is 12.2. The van der Waals surface area contributed by atoms with E-state index in [1.807, 2.05) is 32.9 Å². The summed E-state index contributed by atoms with van der Waals surface area (Å²) in [6, 6.07) is 3.73. The predicted octanol–water partition coefficient (Wildman–Crippen LogP) is 3.52. The van der Waals surface area contributed by atoms with E-state index in [2.05, 4.69) is 27.0 Å². The van der Waals surface area contributed by atoms with Crippen molar-refractivity contribution in [2.45, 2.75) is 57.9 Å². The molecule has 2 heterocycles. The van der Waals surface area contributed by atoms with Crippen molar-refractivity contribution in [1.29, 1.82) is 0 Å². The smallest absolute Gasteiger partial charge is 0.226 e. The molecule has 0 aliphatic carbocycles. The molecule has 6 heteroatoms. The van der Waals surface area contributed by atoms with E-state index in [0.717, 1.165) is 5.56 Å². The van der Waals surface area contributed by atoms with Gasteiger partial charge in [-0.1, -0.05) is 32.0 Å². The van der Waals surface area contributed by atoms with Crippen LogP contribution in [0, 0.1) is 0 Å². The van der Waals surface area contributed by atoms with Gasteiger partial charge in [-0.2, -0.15) is 4.98 Å². The number of hydrogen-bond donors (Lipinski definition) is 1. The summed E-state index contributed by atoms with van der Waals surface area (Å²) in [6.07, 6.45) is 7.59. The maximum Gasteiger partial charge on any atom is 0.226 e. The Kier molecular flexibility index (Phi) is 6.44. The molecule has 0 radical (unpaired) electrons. The van der Waals surface area contributed by atoms with Crippen LogP contribution in [0.15, 0.2) is 41.7 Å². The molecule has 0 aliphatic heterocycles. The summed E-state index contributed by atoms with van der Waals surface area (Å²) in [4.78, 5) is 20.6. The van der Waals surface area contributed by atoms with Gasteiger partial charge in [-0.25, -0.2) is 0 Å². The summed E-state index contributed by atoms with van der Waals surface area (Å²) >= 11 is 0. The standard InChI is InChI=1S/C19H26N4O2/c1-5-7-15(14-10-12-20-13-11-14)21-16(24)8-6-9-17-22-18(23-25-17)19(2,3)4/h5,10-13,15H,1,6-9H2,2-4H3,(H,21,24)/t15-/m0/s1. The van der Waals surface area contributed by atoms with E-state index in [0.29, 0.717) is 37.4 Å². The molecule has 0 aromatic carbocycles. The molecule has 0 bridgehead atoms. The Morgan fingerprint density at radius 2 is 2.08 bits per heavy atom. The topological polar surface area (TPSA) is 80.9 Å². The van der Waals surface area contributed by atoms with Crippen LogP contribution in [0.2, 0.25) is 0 Å². The Bertz CT molecular complexity index is 689. The van der Waals surface area contributed by atoms with Crippen molar-refractivity contribution in [3.05, 3.63) is 54.5 Å². The number of nitrogens with zero attached hydrogens (tertiary/aromatic N) is 3. The molecular formula is C19H26N4O2. The van der Waals surface area contributed by atoms with Crippen molar-refractivity contribution in [2.75, 3.05) is 0 Å². The second-order valence-corrected chi connectivity index (χ2v) is 7.04. The minimum absolute atomic E-state index is 0.000720. The fourth-order valence-electron chi connectivity index (χ4n) is 2.37. The van der Waals surface area contributed by atoms with Crippen LogP contribution in [-0.4, -0.2) is 21.0 Å². The maximum absolute atomic E-state index is 12.2. The van der Waals surface area contributed by atoms with Gasteiger partial charge in [0.25, 0.3) is 0 Å². The van der Waals surface area contributed by atoms with E-state index < -0.39 is 0 Å². The Labute approximate surface area is 148 Å². The summed E-state index contributed by atoms with van der Waals surface area (Å²) in [5.74, 6) is 1.27. The van der Waals surface area contributed by atoms with Gasteiger partial charge in [-0.15, -0.1) is 6.58 Å². The molecular weight excluding hydrogens is 316 g/mol. The van der Waals surface area contributed by atoms with Crippen LogP contribution in [-0.2, 0) is 16.6 Å². The molecule has 0 spiro atoms. The average Bonchev–Trinajstić information content (AvgIpc) is 3.04. The van der Waals surface area contributed by atoms with Crippen LogP contribution < -0.4 is 5.32 Å². The zero-order valence-electron chi connectivity index (χ0n) is 15.2. The third-order valence-electron chi connectivity index (χ3n) is 3.78. The van der Waals surface area contributed by atoms with Crippen LogP contribution in [0.3, 0.4) is 0 Å². The molecule has 0 saturated heterocycles. The van der Waals surface area contributed by atoms with Crippen molar-refractivity contribution in [3.8, 4) is 0 Å². The number of carbonyl (C=O) groups is 1. The number of hydrogen-bond acceptors (Lipinski definition) is 5. The first-order chi connectivity index (χ1) is 11.9. The van der Waals surface area contributed by atoms with E-state index in [1.54, 1.807) is 18.5 Å². The van der Waals surface area contributed by atoms with Crippen molar-refractivity contribution < 1.29 is 9.32 Å². The fourth-order valence-corrected chi connectivity index (χ4v) is 2.37. The van der Waals surface area contributed by atoms with Crippen LogP contribution in [0.5, 0.6) is 0 Å². The number of rotatable bonds is 8. The molecule has 25 heavy (non-hydrogen) atoms. The molecule has 0 unspecified atom stereocenters. The van der Waals surface area contributed by atoms with Crippen LogP contribution in [0.1, 0.15) is 63.4 Å². The molecule has 134 valence electrons. The van der Waals surface area contributed by atoms with Gasteiger partial charge in [0, 0.05) is 30.7 Å². The summed E-state index contributed by atoms with van der Waals surface area (Å²) in [5, 5.41) is 7.04. The highest BCUT2D eigenvalue weighted by atomic mass is 16.5. The van der Waals surface area contributed by atoms with Crippen LogP contribution in [0.4, 0.5) is 0 Å². The summed E-state index contributed by atoms with van der Waals surface area (Å²) < 4.78 is 5.25. The SMILES string of the molecule is C=CC[C@H](NC(=O)CCCc1nc(C(C)(C)C)no1)c1ccncc1. The summed E-state index contributed by atoms with van der Waals surface area (Å²) in [6.45, 7) is 9.87. The highest BCUT2D eigenvalue weighted by Gasteiger charge is 2.21. The first-order valence-corrected chi connectivity index (χ1v) is 8.53. The normalized spacial score (nSPS) is 12.6. The third kappa shape index (κ3) is 5.81. The Hall–Kier alpha value is -2.50. The fraction of sp³-hybridized carbons (Fsp3) is 0.474. The molecule has 2 rings (SSSR count). The molecule has 1 amide bonds. The minimum Gasteiger partial charge on any atom is -0.349 e. The van der Waals surface area contributed by atoms with Crippen LogP contribution >= 0.6 is 0 Å². The quantitative estimate of drug-likeness (QED) is 0.742. The zero-order chi connectivity index (χ0) is 18.3. The first kappa shape index (κ1) is 18.8. The van der Waals surface area contributed by atoms with Gasteiger partial charge in [-0.05, 0) is 30.5 Å². The lowest BCUT2D eigenvalue weighted by atomic mass is 9.96. The van der Waals surface area contributed by atoms with Gasteiger partial charge < -0.3 is 9.84 Å². The molecule has 1 atom stereocenters. The number of aryl methyl sites for hydroxylation is 1. The number of nitrogens with one attached hydrogen (secondary N) is 1. The van der Waals surface area contributed by atoms with Crippen molar-refractivity contribution >= 4 is 5.91 Å². The number of amides is 1. The minimum atomic E-state index is -0.137. The van der Waals surface area contributed by atoms with Gasteiger partial charge >= 0.3 is 0 Å². The van der Waals surface area contributed by atoms with Gasteiger partial charge in [-0.3, -0.25) is 9.78 Å². The van der Waals surface area contributed by atoms with E-state index in [4.69, 9.17) is 4.52 Å². The largest absolute Gasteiger partial charge is 0.349 e. The molecule has 0 fully saturated rings. The predicted molar refractivity (Wildman–Crippen MR) is 95.9 cm³/mol. The van der Waals surface area contributed by atoms with Crippen LogP contribution in [0.25, 0.3) is 0 Å². The van der Waals surface area contributed by atoms with Gasteiger partial charge in [0.2, 0.25) is 11.8 Å². The van der Waals surface area contributed by atoms with Crippen molar-refractivity contribution in [3.63, 3.8) is 0 Å². The van der Waals surface area contributed by atoms with E-state index in [9.17, 15) is 4.79 Å². The lowest BCUT2D eigenvalue weighted by Crippen LogP contribution is -2.28.